The molecule has 0 saturated carbocycles. The summed E-state index contributed by atoms with van der Waals surface area (Å²) in [6.07, 6.45) is 1.57. The molecule has 1 aliphatic rings. The summed E-state index contributed by atoms with van der Waals surface area (Å²) in [5.41, 5.74) is 2.25. The average Bonchev–Trinajstić information content (AvgIpc) is 3.23. The van der Waals surface area contributed by atoms with Crippen molar-refractivity contribution in [3.63, 3.8) is 0 Å². The normalized spacial score (nSPS) is 17.2. The highest BCUT2D eigenvalue weighted by Crippen LogP contribution is 2.31. The number of carbonyl (C=O) groups is 3. The van der Waals surface area contributed by atoms with Crippen LogP contribution in [0.5, 0.6) is 0 Å². The van der Waals surface area contributed by atoms with E-state index in [1.54, 1.807) is 19.1 Å². The highest BCUT2D eigenvalue weighted by Gasteiger charge is 2.42. The SMILES string of the molecule is CCCC(=O)Nc1ccc(-c2csc(NC(=O)[C@@]3(C)Cc4ccccc4C(=O)O3)n2)cc1. The number of carbonyl (C=O) groups excluding carboxylic acids is 3. The van der Waals surface area contributed by atoms with Crippen molar-refractivity contribution in [2.24, 2.45) is 0 Å². The average molecular weight is 450 g/mol. The van der Waals surface area contributed by atoms with Crippen LogP contribution < -0.4 is 10.6 Å². The van der Waals surface area contributed by atoms with Gasteiger partial charge in [-0.15, -0.1) is 11.3 Å². The molecule has 0 spiro atoms. The van der Waals surface area contributed by atoms with Gasteiger partial charge in [0.2, 0.25) is 5.91 Å². The first-order valence-electron chi connectivity index (χ1n) is 10.4. The zero-order valence-electron chi connectivity index (χ0n) is 17.8. The molecule has 4 rings (SSSR count). The maximum Gasteiger partial charge on any atom is 0.339 e. The molecule has 0 unspecified atom stereocenters. The highest BCUT2D eigenvalue weighted by atomic mass is 32.1. The first-order valence-corrected chi connectivity index (χ1v) is 11.2. The van der Waals surface area contributed by atoms with Gasteiger partial charge in [0.25, 0.3) is 5.91 Å². The van der Waals surface area contributed by atoms with Gasteiger partial charge in [0.15, 0.2) is 10.7 Å². The van der Waals surface area contributed by atoms with Crippen LogP contribution in [0.4, 0.5) is 10.8 Å². The van der Waals surface area contributed by atoms with E-state index in [-0.39, 0.29) is 5.91 Å². The summed E-state index contributed by atoms with van der Waals surface area (Å²) < 4.78 is 5.48. The molecule has 1 aliphatic heterocycles. The van der Waals surface area contributed by atoms with Gasteiger partial charge in [-0.05, 0) is 37.1 Å². The van der Waals surface area contributed by atoms with Gasteiger partial charge in [0, 0.05) is 29.5 Å². The summed E-state index contributed by atoms with van der Waals surface area (Å²) in [6.45, 7) is 3.56. The summed E-state index contributed by atoms with van der Waals surface area (Å²) in [4.78, 5) is 41.5. The van der Waals surface area contributed by atoms with E-state index in [9.17, 15) is 14.4 Å². The third-order valence-electron chi connectivity index (χ3n) is 5.23. The Kier molecular flexibility index (Phi) is 6.05. The zero-order valence-corrected chi connectivity index (χ0v) is 18.6. The number of ether oxygens (including phenoxy) is 1. The van der Waals surface area contributed by atoms with Gasteiger partial charge in [-0.2, -0.15) is 0 Å². The first kappa shape index (κ1) is 21.7. The molecular weight excluding hydrogens is 426 g/mol. The van der Waals surface area contributed by atoms with Gasteiger partial charge in [0.05, 0.1) is 11.3 Å². The second-order valence-electron chi connectivity index (χ2n) is 7.82. The molecule has 164 valence electrons. The number of anilines is 2. The number of hydrogen-bond donors (Lipinski definition) is 2. The van der Waals surface area contributed by atoms with Gasteiger partial charge < -0.3 is 10.1 Å². The van der Waals surface area contributed by atoms with Crippen LogP contribution in [0.1, 0.15) is 42.6 Å². The Labute approximate surface area is 189 Å². The number of thiazole rings is 1. The lowest BCUT2D eigenvalue weighted by atomic mass is 9.89. The molecule has 2 heterocycles. The Morgan fingerprint density at radius 2 is 1.88 bits per heavy atom. The summed E-state index contributed by atoms with van der Waals surface area (Å²) >= 11 is 1.29. The largest absolute Gasteiger partial charge is 0.445 e. The lowest BCUT2D eigenvalue weighted by molar-refractivity contribution is -0.134. The van der Waals surface area contributed by atoms with Crippen molar-refractivity contribution >= 4 is 39.9 Å². The smallest absolute Gasteiger partial charge is 0.339 e. The van der Waals surface area contributed by atoms with Crippen LogP contribution in [0.25, 0.3) is 11.3 Å². The molecule has 2 amide bonds. The van der Waals surface area contributed by atoms with Crippen LogP contribution in [-0.4, -0.2) is 28.4 Å². The number of nitrogens with zero attached hydrogens (tertiary/aromatic N) is 1. The van der Waals surface area contributed by atoms with E-state index < -0.39 is 17.5 Å². The molecule has 0 aliphatic carbocycles. The lowest BCUT2D eigenvalue weighted by Gasteiger charge is -2.32. The van der Waals surface area contributed by atoms with Gasteiger partial charge in [-0.3, -0.25) is 14.9 Å². The van der Waals surface area contributed by atoms with E-state index in [4.69, 9.17) is 4.74 Å². The number of hydrogen-bond acceptors (Lipinski definition) is 6. The van der Waals surface area contributed by atoms with Crippen LogP contribution in [0.2, 0.25) is 0 Å². The van der Waals surface area contributed by atoms with Crippen LogP contribution in [0, 0.1) is 0 Å². The number of esters is 1. The molecule has 0 radical (unpaired) electrons. The van der Waals surface area contributed by atoms with E-state index in [0.717, 1.165) is 23.2 Å². The van der Waals surface area contributed by atoms with Crippen molar-refractivity contribution < 1.29 is 19.1 Å². The van der Waals surface area contributed by atoms with Crippen LogP contribution in [-0.2, 0) is 20.7 Å². The molecule has 1 atom stereocenters. The summed E-state index contributed by atoms with van der Waals surface area (Å²) in [6, 6.07) is 14.5. The maximum absolute atomic E-state index is 12.9. The van der Waals surface area contributed by atoms with E-state index in [1.807, 2.05) is 48.7 Å². The predicted molar refractivity (Wildman–Crippen MR) is 124 cm³/mol. The molecule has 0 saturated heterocycles. The van der Waals surface area contributed by atoms with Crippen LogP contribution in [0.3, 0.4) is 0 Å². The molecule has 2 aromatic carbocycles. The standard InChI is InChI=1S/C24H23N3O4S/c1-3-6-20(28)25-17-11-9-15(10-12-17)19-14-32-23(26-19)27-22(30)24(2)13-16-7-4-5-8-18(16)21(29)31-24/h4-5,7-12,14H,3,6,13H2,1-2H3,(H,25,28)(H,26,27,30)/t24-/m1/s1. The van der Waals surface area contributed by atoms with Gasteiger partial charge in [0.1, 0.15) is 0 Å². The fourth-order valence-corrected chi connectivity index (χ4v) is 4.24. The molecule has 7 nitrogen and oxygen atoms in total. The summed E-state index contributed by atoms with van der Waals surface area (Å²) in [5.74, 6) is -0.941. The number of fused-ring (bicyclic) bond motifs is 1. The Hall–Kier alpha value is -3.52. The molecule has 0 fully saturated rings. The Bertz CT molecular complexity index is 1170. The second kappa shape index (κ2) is 8.92. The lowest BCUT2D eigenvalue weighted by Crippen LogP contribution is -2.48. The molecular formula is C24H23N3O4S. The molecule has 0 bridgehead atoms. The van der Waals surface area contributed by atoms with Gasteiger partial charge in [-0.25, -0.2) is 9.78 Å². The minimum Gasteiger partial charge on any atom is -0.445 e. The minimum atomic E-state index is -1.31. The minimum absolute atomic E-state index is 0.0153. The highest BCUT2D eigenvalue weighted by molar-refractivity contribution is 7.14. The number of amides is 2. The number of cyclic esters (lactones) is 1. The van der Waals surface area contributed by atoms with Crippen LogP contribution >= 0.6 is 11.3 Å². The first-order chi connectivity index (χ1) is 15.4. The number of benzene rings is 2. The molecule has 3 aromatic rings. The molecule has 1 aromatic heterocycles. The summed E-state index contributed by atoms with van der Waals surface area (Å²) in [5, 5.41) is 7.88. The van der Waals surface area contributed by atoms with E-state index in [0.29, 0.717) is 29.2 Å². The monoisotopic (exact) mass is 449 g/mol. The fourth-order valence-electron chi connectivity index (χ4n) is 3.53. The van der Waals surface area contributed by atoms with Crippen molar-refractivity contribution in [3.8, 4) is 11.3 Å². The number of nitrogens with one attached hydrogen (secondary N) is 2. The maximum atomic E-state index is 12.9. The third-order valence-corrected chi connectivity index (χ3v) is 5.99. The van der Waals surface area contributed by atoms with Crippen LogP contribution in [0.15, 0.2) is 53.9 Å². The molecule has 8 heteroatoms. The van der Waals surface area contributed by atoms with Crippen molar-refractivity contribution in [2.45, 2.75) is 38.7 Å². The number of rotatable bonds is 6. The van der Waals surface area contributed by atoms with Gasteiger partial charge in [-0.1, -0.05) is 37.3 Å². The summed E-state index contributed by atoms with van der Waals surface area (Å²) in [7, 11) is 0. The number of aromatic nitrogens is 1. The zero-order chi connectivity index (χ0) is 22.7. The molecule has 2 N–H and O–H groups in total. The predicted octanol–water partition coefficient (Wildman–Crippen LogP) is 4.66. The molecule has 32 heavy (non-hydrogen) atoms. The van der Waals surface area contributed by atoms with E-state index in [2.05, 4.69) is 15.6 Å². The van der Waals surface area contributed by atoms with Crippen molar-refractivity contribution in [1.82, 2.24) is 4.98 Å². The fraction of sp³-hybridized carbons (Fsp3) is 0.250. The Morgan fingerprint density at radius 1 is 1.12 bits per heavy atom. The topological polar surface area (TPSA) is 97.4 Å². The Morgan fingerprint density at radius 3 is 2.62 bits per heavy atom. The Balaban J connectivity index is 1.44. The van der Waals surface area contributed by atoms with Crippen molar-refractivity contribution in [2.75, 3.05) is 10.6 Å². The quantitative estimate of drug-likeness (QED) is 0.534. The van der Waals surface area contributed by atoms with Gasteiger partial charge >= 0.3 is 5.97 Å². The third kappa shape index (κ3) is 4.55. The van der Waals surface area contributed by atoms with Crippen molar-refractivity contribution in [1.29, 1.82) is 0 Å². The van der Waals surface area contributed by atoms with E-state index in [1.165, 1.54) is 11.3 Å². The van der Waals surface area contributed by atoms with Crippen molar-refractivity contribution in [3.05, 3.63) is 65.0 Å². The second-order valence-corrected chi connectivity index (χ2v) is 8.68. The van der Waals surface area contributed by atoms with E-state index >= 15 is 0 Å².